The first-order chi connectivity index (χ1) is 22.3. The molecule has 0 amide bonds. The summed E-state index contributed by atoms with van der Waals surface area (Å²) in [6.07, 6.45) is 3.79. The first-order valence-corrected chi connectivity index (χ1v) is 15.6. The van der Waals surface area contributed by atoms with Crippen LogP contribution in [0.2, 0.25) is 0 Å². The fourth-order valence-corrected chi connectivity index (χ4v) is 8.42. The molecule has 0 saturated carbocycles. The van der Waals surface area contributed by atoms with Gasteiger partial charge in [-0.15, -0.1) is 0 Å². The summed E-state index contributed by atoms with van der Waals surface area (Å²) in [6, 6.07) is 56.5. The van der Waals surface area contributed by atoms with E-state index in [4.69, 9.17) is 0 Å². The number of nitrogens with zero attached hydrogens (tertiary/aromatic N) is 1. The largest absolute Gasteiger partial charge is 0.264 e. The molecule has 45 heavy (non-hydrogen) atoms. The first-order valence-electron chi connectivity index (χ1n) is 15.6. The molecule has 0 saturated heterocycles. The molecule has 2 aliphatic rings. The van der Waals surface area contributed by atoms with Gasteiger partial charge in [0.2, 0.25) is 0 Å². The fourth-order valence-electron chi connectivity index (χ4n) is 8.42. The Hall–Kier alpha value is -5.79. The third-order valence-electron chi connectivity index (χ3n) is 10.2. The van der Waals surface area contributed by atoms with Crippen molar-refractivity contribution in [3.8, 4) is 44.5 Å². The number of fused-ring (bicyclic) bond motifs is 10. The van der Waals surface area contributed by atoms with Gasteiger partial charge in [-0.05, 0) is 94.9 Å². The predicted octanol–water partition coefficient (Wildman–Crippen LogP) is 11.1. The van der Waals surface area contributed by atoms with Crippen molar-refractivity contribution in [2.24, 2.45) is 0 Å². The Morgan fingerprint density at radius 3 is 1.69 bits per heavy atom. The van der Waals surface area contributed by atoms with Crippen LogP contribution in [-0.4, -0.2) is 4.98 Å². The zero-order valence-electron chi connectivity index (χ0n) is 24.5. The molecular formula is C44H27N. The van der Waals surface area contributed by atoms with Gasteiger partial charge < -0.3 is 0 Å². The maximum atomic E-state index is 4.41. The van der Waals surface area contributed by atoms with Crippen LogP contribution in [0.5, 0.6) is 0 Å². The molecule has 1 unspecified atom stereocenters. The summed E-state index contributed by atoms with van der Waals surface area (Å²) >= 11 is 0. The second kappa shape index (κ2) is 9.11. The lowest BCUT2D eigenvalue weighted by molar-refractivity contribution is 0.774. The lowest BCUT2D eigenvalue weighted by Gasteiger charge is -2.40. The summed E-state index contributed by atoms with van der Waals surface area (Å²) in [4.78, 5) is 4.41. The van der Waals surface area contributed by atoms with Gasteiger partial charge in [-0.3, -0.25) is 4.98 Å². The van der Waals surface area contributed by atoms with E-state index in [0.29, 0.717) is 0 Å². The molecule has 10 rings (SSSR count). The summed E-state index contributed by atoms with van der Waals surface area (Å²) in [5.41, 5.74) is 15.1. The van der Waals surface area contributed by atoms with Crippen molar-refractivity contribution in [2.75, 3.05) is 0 Å². The molecule has 1 spiro atoms. The van der Waals surface area contributed by atoms with E-state index in [9.17, 15) is 0 Å². The lowest BCUT2D eigenvalue weighted by Crippen LogP contribution is -2.31. The topological polar surface area (TPSA) is 12.9 Å². The van der Waals surface area contributed by atoms with E-state index in [-0.39, 0.29) is 0 Å². The van der Waals surface area contributed by atoms with Crippen molar-refractivity contribution in [2.45, 2.75) is 5.41 Å². The minimum absolute atomic E-state index is 0.419. The zero-order valence-corrected chi connectivity index (χ0v) is 24.5. The molecule has 0 N–H and O–H groups in total. The van der Waals surface area contributed by atoms with Crippen LogP contribution in [0.4, 0.5) is 0 Å². The molecule has 8 aromatic rings. The molecular weight excluding hydrogens is 542 g/mol. The lowest BCUT2D eigenvalue weighted by atomic mass is 9.61. The second-order valence-corrected chi connectivity index (χ2v) is 12.3. The van der Waals surface area contributed by atoms with E-state index in [0.717, 1.165) is 5.56 Å². The zero-order chi connectivity index (χ0) is 29.5. The highest BCUT2D eigenvalue weighted by Crippen LogP contribution is 2.62. The summed E-state index contributed by atoms with van der Waals surface area (Å²) in [6.45, 7) is 0. The monoisotopic (exact) mass is 569 g/mol. The normalized spacial score (nSPS) is 15.6. The Labute approximate surface area is 262 Å². The molecule has 2 aliphatic carbocycles. The van der Waals surface area contributed by atoms with Gasteiger partial charge >= 0.3 is 0 Å². The Balaban J connectivity index is 1.31. The van der Waals surface area contributed by atoms with Crippen LogP contribution in [-0.2, 0) is 5.41 Å². The van der Waals surface area contributed by atoms with Crippen LogP contribution in [0.1, 0.15) is 22.3 Å². The van der Waals surface area contributed by atoms with Gasteiger partial charge in [0.1, 0.15) is 0 Å². The number of aromatic nitrogens is 1. The molecule has 1 aromatic heterocycles. The Kier molecular flexibility index (Phi) is 4.99. The van der Waals surface area contributed by atoms with Gasteiger partial charge in [-0.25, -0.2) is 0 Å². The van der Waals surface area contributed by atoms with Crippen LogP contribution in [0, 0.1) is 0 Å². The number of benzene rings is 7. The average molecular weight is 570 g/mol. The van der Waals surface area contributed by atoms with E-state index in [1.807, 2.05) is 18.5 Å². The van der Waals surface area contributed by atoms with Crippen LogP contribution in [0.25, 0.3) is 66.1 Å². The van der Waals surface area contributed by atoms with Gasteiger partial charge in [0.25, 0.3) is 0 Å². The predicted molar refractivity (Wildman–Crippen MR) is 186 cm³/mol. The fraction of sp³-hybridized carbons (Fsp3) is 0.0227. The standard InChI is InChI=1S/C44H27N/c1-2-14-34-32(30-12-9-25-45-27-30)24-23-31(33(34)13-1)29-21-22-37-35-15-3-5-18-39(35)44(42(37)26-29)40-19-6-4-16-36(40)38-17-7-10-28-11-8-20-41(44)43(28)38/h1-27H. The van der Waals surface area contributed by atoms with Crippen molar-refractivity contribution in [1.29, 1.82) is 0 Å². The summed E-state index contributed by atoms with van der Waals surface area (Å²) < 4.78 is 0. The van der Waals surface area contributed by atoms with Gasteiger partial charge in [0.15, 0.2) is 0 Å². The molecule has 0 fully saturated rings. The highest BCUT2D eigenvalue weighted by atomic mass is 14.6. The highest BCUT2D eigenvalue weighted by Gasteiger charge is 2.50. The van der Waals surface area contributed by atoms with E-state index in [2.05, 4.69) is 151 Å². The molecule has 1 atom stereocenters. The van der Waals surface area contributed by atoms with Gasteiger partial charge in [0, 0.05) is 18.0 Å². The Morgan fingerprint density at radius 2 is 0.956 bits per heavy atom. The minimum Gasteiger partial charge on any atom is -0.264 e. The van der Waals surface area contributed by atoms with Gasteiger partial charge in [0.05, 0.1) is 5.41 Å². The SMILES string of the molecule is c1cncc(-c2ccc(-c3ccc4c(c3)C3(c5ccccc5-4)c4ccccc4-c4cccc5cccc3c45)c3ccccc23)c1. The second-order valence-electron chi connectivity index (χ2n) is 12.3. The quantitative estimate of drug-likeness (QED) is 0.202. The van der Waals surface area contributed by atoms with E-state index < -0.39 is 5.41 Å². The van der Waals surface area contributed by atoms with Crippen LogP contribution in [0.3, 0.4) is 0 Å². The number of pyridine rings is 1. The minimum atomic E-state index is -0.419. The van der Waals surface area contributed by atoms with Crippen LogP contribution >= 0.6 is 0 Å². The molecule has 208 valence electrons. The first kappa shape index (κ1) is 24.6. The summed E-state index contributed by atoms with van der Waals surface area (Å²) in [5.74, 6) is 0. The average Bonchev–Trinajstić information content (AvgIpc) is 3.40. The Bertz CT molecular complexity index is 2480. The summed E-state index contributed by atoms with van der Waals surface area (Å²) in [5, 5.41) is 5.14. The number of hydrogen-bond donors (Lipinski definition) is 0. The van der Waals surface area contributed by atoms with E-state index in [1.165, 1.54) is 82.7 Å². The molecule has 1 nitrogen and oxygen atoms in total. The van der Waals surface area contributed by atoms with Crippen molar-refractivity contribution >= 4 is 21.5 Å². The van der Waals surface area contributed by atoms with Crippen molar-refractivity contribution in [3.63, 3.8) is 0 Å². The molecule has 0 aliphatic heterocycles. The van der Waals surface area contributed by atoms with Gasteiger partial charge in [-0.1, -0.05) is 140 Å². The van der Waals surface area contributed by atoms with Crippen molar-refractivity contribution in [3.05, 3.63) is 186 Å². The molecule has 7 aromatic carbocycles. The molecule has 1 heteroatoms. The van der Waals surface area contributed by atoms with Crippen LogP contribution < -0.4 is 0 Å². The molecule has 1 heterocycles. The van der Waals surface area contributed by atoms with Gasteiger partial charge in [-0.2, -0.15) is 0 Å². The Morgan fingerprint density at radius 1 is 0.378 bits per heavy atom. The van der Waals surface area contributed by atoms with Crippen molar-refractivity contribution < 1.29 is 0 Å². The summed E-state index contributed by atoms with van der Waals surface area (Å²) in [7, 11) is 0. The number of rotatable bonds is 2. The maximum absolute atomic E-state index is 4.41. The van der Waals surface area contributed by atoms with Crippen LogP contribution in [0.15, 0.2) is 164 Å². The van der Waals surface area contributed by atoms with E-state index in [1.54, 1.807) is 0 Å². The molecule has 0 radical (unpaired) electrons. The van der Waals surface area contributed by atoms with Crippen molar-refractivity contribution in [1.82, 2.24) is 4.98 Å². The third-order valence-corrected chi connectivity index (χ3v) is 10.2. The van der Waals surface area contributed by atoms with E-state index >= 15 is 0 Å². The maximum Gasteiger partial charge on any atom is 0.0725 e. The number of hydrogen-bond acceptors (Lipinski definition) is 1. The third kappa shape index (κ3) is 3.20. The highest BCUT2D eigenvalue weighted by molar-refractivity contribution is 6.08. The smallest absolute Gasteiger partial charge is 0.0725 e. The molecule has 0 bridgehead atoms.